The highest BCUT2D eigenvalue weighted by Gasteiger charge is 2.49. The Kier molecular flexibility index (Phi) is 15.5. The lowest BCUT2D eigenvalue weighted by Crippen LogP contribution is -2.58. The van der Waals surface area contributed by atoms with Gasteiger partial charge < -0.3 is 59.9 Å². The highest BCUT2D eigenvalue weighted by molar-refractivity contribution is 6.32. The number of hydrogen-bond donors (Lipinski definition) is 7. The van der Waals surface area contributed by atoms with Crippen LogP contribution in [0.25, 0.3) is 10.9 Å². The number of hydrogen-bond acceptors (Lipinski definition) is 12. The number of para-hydroxylation sites is 1. The Hall–Kier alpha value is -4.75. The van der Waals surface area contributed by atoms with Crippen LogP contribution in [0.2, 0.25) is 10.2 Å². The van der Waals surface area contributed by atoms with Gasteiger partial charge in [0.15, 0.2) is 12.4 Å². The van der Waals surface area contributed by atoms with Crippen molar-refractivity contribution >= 4 is 63.8 Å². The lowest BCUT2D eigenvalue weighted by molar-refractivity contribution is -0.306. The number of aliphatic hydroxyl groups excluding tert-OH is 3. The Morgan fingerprint density at radius 2 is 1.66 bits per heavy atom. The number of nitrogens with one attached hydrogen (secondary N) is 3. The molecule has 61 heavy (non-hydrogen) atoms. The lowest BCUT2D eigenvalue weighted by Gasteiger charge is -2.38. The second-order valence-electron chi connectivity index (χ2n) is 15.7. The summed E-state index contributed by atoms with van der Waals surface area (Å²) in [5, 5.41) is 46.7. The third kappa shape index (κ3) is 10.7. The number of carboxylic acid groups (broad SMARTS) is 1. The molecular formula is C42H52Cl2N4O13. The van der Waals surface area contributed by atoms with Crippen molar-refractivity contribution in [3.8, 4) is 5.75 Å². The fraction of sp³-hybridized carbons (Fsp3) is 0.500. The number of nitrogens with zero attached hydrogens (tertiary/aromatic N) is 1. The molecule has 3 amide bonds. The van der Waals surface area contributed by atoms with E-state index in [0.717, 1.165) is 5.57 Å². The Balaban J connectivity index is 1.59. The van der Waals surface area contributed by atoms with Crippen molar-refractivity contribution < 1.29 is 63.3 Å². The van der Waals surface area contributed by atoms with Crippen molar-refractivity contribution in [2.45, 2.75) is 103 Å². The van der Waals surface area contributed by atoms with Crippen LogP contribution in [-0.4, -0.2) is 123 Å². The number of halogens is 2. The summed E-state index contributed by atoms with van der Waals surface area (Å²) in [7, 11) is 2.66. The van der Waals surface area contributed by atoms with Gasteiger partial charge in [-0.05, 0) is 56.5 Å². The van der Waals surface area contributed by atoms with E-state index in [1.165, 1.54) is 44.2 Å². The van der Waals surface area contributed by atoms with Gasteiger partial charge in [-0.2, -0.15) is 0 Å². The molecule has 1 saturated heterocycles. The molecule has 2 aromatic carbocycles. The minimum Gasteiger partial charge on any atom is -0.481 e. The Labute approximate surface area is 362 Å². The van der Waals surface area contributed by atoms with E-state index in [1.807, 2.05) is 32.1 Å². The summed E-state index contributed by atoms with van der Waals surface area (Å²) in [6.45, 7) is 8.64. The Bertz CT molecular complexity index is 2150. The van der Waals surface area contributed by atoms with Crippen molar-refractivity contribution in [2.24, 2.45) is 17.8 Å². The van der Waals surface area contributed by atoms with E-state index in [1.54, 1.807) is 26.0 Å². The zero-order valence-electron chi connectivity index (χ0n) is 34.6. The van der Waals surface area contributed by atoms with Gasteiger partial charge in [0, 0.05) is 43.3 Å². The molecule has 0 saturated carbocycles. The average molecular weight is 892 g/mol. The van der Waals surface area contributed by atoms with Crippen LogP contribution in [0.1, 0.15) is 58.2 Å². The standard InChI is InChI=1S/C42H52Cl2N4O13/c1-18-14-19(2)22(5)59-41(57)34(58-7)31(23-12-13-29(26(43)16-23)60-42-30(39(54)55)32(49)33(50)40(56)61-42)47-37(52)28(17-25-24-10-8-9-11-27(24)46-35(25)44)48(6)38(53)21(4)45-36(51)20(3)15-18/h8-14,16,19-22,28,30-34,40,42,46,49-50,56H,15,17H2,1-7H3,(H,45,51)(H,47,52)(H,54,55)/b18-14-/t19-,20-,21-,22+,28+,30?,31?,32?,33?,34-,40?,42?/m0/s1. The van der Waals surface area contributed by atoms with Gasteiger partial charge in [0.25, 0.3) is 0 Å². The maximum Gasteiger partial charge on any atom is 0.338 e. The zero-order chi connectivity index (χ0) is 45.0. The van der Waals surface area contributed by atoms with E-state index in [9.17, 15) is 44.4 Å². The Morgan fingerprint density at radius 1 is 0.967 bits per heavy atom. The molecule has 5 rings (SSSR count). The van der Waals surface area contributed by atoms with E-state index < -0.39 is 90.7 Å². The minimum absolute atomic E-state index is 0.118. The monoisotopic (exact) mass is 890 g/mol. The molecule has 12 atom stereocenters. The van der Waals surface area contributed by atoms with E-state index in [2.05, 4.69) is 15.6 Å². The highest BCUT2D eigenvalue weighted by atomic mass is 35.5. The second kappa shape index (κ2) is 20.0. The van der Waals surface area contributed by atoms with Gasteiger partial charge in [-0.25, -0.2) is 4.79 Å². The molecule has 0 bridgehead atoms. The van der Waals surface area contributed by atoms with Crippen LogP contribution in [0.15, 0.2) is 54.1 Å². The summed E-state index contributed by atoms with van der Waals surface area (Å²) >= 11 is 13.4. The number of carboxylic acids is 1. The molecule has 1 fully saturated rings. The number of aromatic amines is 1. The molecule has 17 nitrogen and oxygen atoms in total. The van der Waals surface area contributed by atoms with Crippen LogP contribution in [-0.2, 0) is 44.6 Å². The first-order chi connectivity index (χ1) is 28.7. The van der Waals surface area contributed by atoms with E-state index in [0.29, 0.717) is 22.9 Å². The number of aliphatic hydroxyl groups is 3. The van der Waals surface area contributed by atoms with Gasteiger partial charge in [0.2, 0.25) is 24.0 Å². The van der Waals surface area contributed by atoms with Crippen LogP contribution in [0, 0.1) is 17.8 Å². The fourth-order valence-electron chi connectivity index (χ4n) is 7.52. The maximum absolute atomic E-state index is 14.8. The van der Waals surface area contributed by atoms with Gasteiger partial charge in [-0.3, -0.25) is 19.2 Å². The molecule has 3 heterocycles. The summed E-state index contributed by atoms with van der Waals surface area (Å²) in [6.07, 6.45) is -7.81. The van der Waals surface area contributed by atoms with Gasteiger partial charge in [-0.1, -0.05) is 73.0 Å². The first kappa shape index (κ1) is 47.3. The molecule has 19 heteroatoms. The summed E-state index contributed by atoms with van der Waals surface area (Å²) in [5.74, 6) is -7.06. The number of likely N-dealkylation sites (N-methyl/N-ethyl adjacent to an activating group) is 1. The summed E-state index contributed by atoms with van der Waals surface area (Å²) in [6, 6.07) is 7.48. The SMILES string of the molecule is CO[C@@H]1C(=O)O[C@H](C)[C@@H](C)/C=C(/C)C[C@H](C)C(=O)N[C@@H](C)C(=O)N(C)[C@H](Cc2c(Cl)[nH]c3ccccc23)C(=O)NC1c1ccc(OC2OC(O)C(O)C(O)C2C(=O)O)c(Cl)c1. The number of H-pyrrole nitrogens is 1. The van der Waals surface area contributed by atoms with Gasteiger partial charge in [0.1, 0.15) is 47.2 Å². The highest BCUT2D eigenvalue weighted by Crippen LogP contribution is 2.35. The smallest absolute Gasteiger partial charge is 0.338 e. The quantitative estimate of drug-likeness (QED) is 0.133. The number of aromatic nitrogens is 1. The summed E-state index contributed by atoms with van der Waals surface area (Å²) in [5.41, 5.74) is 2.23. The first-order valence-electron chi connectivity index (χ1n) is 19.7. The summed E-state index contributed by atoms with van der Waals surface area (Å²) in [4.78, 5) is 72.7. The molecule has 0 aliphatic carbocycles. The number of fused-ring (bicyclic) bond motifs is 1. The number of methoxy groups -OCH3 is 1. The molecule has 3 aromatic rings. The Morgan fingerprint density at radius 3 is 2.31 bits per heavy atom. The van der Waals surface area contributed by atoms with Crippen molar-refractivity contribution in [1.29, 1.82) is 0 Å². The van der Waals surface area contributed by atoms with Crippen LogP contribution in [0.5, 0.6) is 5.75 Å². The molecule has 2 aliphatic heterocycles. The fourth-order valence-corrected chi connectivity index (χ4v) is 8.03. The maximum atomic E-state index is 14.8. The van der Waals surface area contributed by atoms with Crippen LogP contribution in [0.3, 0.4) is 0 Å². The van der Waals surface area contributed by atoms with Gasteiger partial charge in [-0.15, -0.1) is 0 Å². The molecule has 6 unspecified atom stereocenters. The molecule has 2 aliphatic rings. The number of benzene rings is 2. The normalized spacial score (nSPS) is 32.2. The van der Waals surface area contributed by atoms with Crippen molar-refractivity contribution in [2.75, 3.05) is 14.2 Å². The molecule has 332 valence electrons. The number of aliphatic carboxylic acids is 1. The summed E-state index contributed by atoms with van der Waals surface area (Å²) < 4.78 is 22.5. The topological polar surface area (TPSA) is 246 Å². The zero-order valence-corrected chi connectivity index (χ0v) is 36.1. The number of amides is 3. The van der Waals surface area contributed by atoms with Crippen LogP contribution < -0.4 is 15.4 Å². The van der Waals surface area contributed by atoms with E-state index in [-0.39, 0.29) is 39.7 Å². The number of rotatable bonds is 7. The number of carbonyl (C=O) groups excluding carboxylic acids is 4. The number of ether oxygens (including phenoxy) is 4. The van der Waals surface area contributed by atoms with Gasteiger partial charge in [0.05, 0.1) is 11.1 Å². The van der Waals surface area contributed by atoms with Gasteiger partial charge >= 0.3 is 11.9 Å². The number of esters is 1. The number of allylic oxidation sites excluding steroid dienone is 1. The molecule has 1 aromatic heterocycles. The predicted molar refractivity (Wildman–Crippen MR) is 221 cm³/mol. The predicted octanol–water partition coefficient (Wildman–Crippen LogP) is 3.25. The minimum atomic E-state index is -1.99. The van der Waals surface area contributed by atoms with Crippen LogP contribution >= 0.6 is 23.2 Å². The molecule has 0 radical (unpaired) electrons. The molecular weight excluding hydrogens is 839 g/mol. The third-order valence-electron chi connectivity index (χ3n) is 11.2. The second-order valence-corrected chi connectivity index (χ2v) is 16.5. The molecule has 0 spiro atoms. The van der Waals surface area contributed by atoms with Crippen molar-refractivity contribution in [3.05, 3.63) is 75.4 Å². The third-order valence-corrected chi connectivity index (χ3v) is 11.8. The van der Waals surface area contributed by atoms with Crippen LogP contribution in [0.4, 0.5) is 0 Å². The lowest BCUT2D eigenvalue weighted by atomic mass is 9.94. The number of carbonyl (C=O) groups is 5. The first-order valence-corrected chi connectivity index (χ1v) is 20.4. The largest absolute Gasteiger partial charge is 0.481 e. The molecule has 7 N–H and O–H groups in total. The van der Waals surface area contributed by atoms with Crippen molar-refractivity contribution in [1.82, 2.24) is 20.5 Å². The van der Waals surface area contributed by atoms with Crippen molar-refractivity contribution in [3.63, 3.8) is 0 Å². The average Bonchev–Trinajstić information content (AvgIpc) is 3.52. The number of cyclic esters (lactones) is 1. The van der Waals surface area contributed by atoms with E-state index in [4.69, 9.17) is 42.1 Å². The van der Waals surface area contributed by atoms with E-state index >= 15 is 0 Å².